The summed E-state index contributed by atoms with van der Waals surface area (Å²) in [7, 11) is 3.02. The minimum Gasteiger partial charge on any atom is -0.493 e. The zero-order valence-corrected chi connectivity index (χ0v) is 19.5. The fraction of sp³-hybridized carbons (Fsp3) is 0.154. The van der Waals surface area contributed by atoms with Gasteiger partial charge in [0.15, 0.2) is 11.5 Å². The largest absolute Gasteiger partial charge is 0.493 e. The van der Waals surface area contributed by atoms with Gasteiger partial charge in [-0.05, 0) is 49.2 Å². The molecular weight excluding hydrogens is 440 g/mol. The van der Waals surface area contributed by atoms with Gasteiger partial charge < -0.3 is 14.8 Å². The van der Waals surface area contributed by atoms with Gasteiger partial charge in [0.25, 0.3) is 11.8 Å². The maximum absolute atomic E-state index is 13.6. The van der Waals surface area contributed by atoms with Crippen molar-refractivity contribution in [2.75, 3.05) is 24.4 Å². The van der Waals surface area contributed by atoms with Gasteiger partial charge in [-0.2, -0.15) is 0 Å². The number of hydrogen-bond donors (Lipinski definition) is 1. The van der Waals surface area contributed by atoms with Crippen LogP contribution in [0.3, 0.4) is 0 Å². The first-order valence-electron chi connectivity index (χ1n) is 10.3. The van der Waals surface area contributed by atoms with Gasteiger partial charge in [0.1, 0.15) is 5.70 Å². The van der Waals surface area contributed by atoms with E-state index in [9.17, 15) is 9.59 Å². The number of aryl methyl sites for hydroxylation is 1. The van der Waals surface area contributed by atoms with E-state index in [1.54, 1.807) is 30.3 Å². The molecule has 0 unspecified atom stereocenters. The highest BCUT2D eigenvalue weighted by atomic mass is 35.5. The molecular formula is C26H23ClN2O4. The summed E-state index contributed by atoms with van der Waals surface area (Å²) < 4.78 is 10.6. The fourth-order valence-electron chi connectivity index (χ4n) is 3.71. The molecule has 33 heavy (non-hydrogen) atoms. The molecule has 0 bridgehead atoms. The topological polar surface area (TPSA) is 67.9 Å². The summed E-state index contributed by atoms with van der Waals surface area (Å²) in [6.07, 6.45) is 0. The van der Waals surface area contributed by atoms with Gasteiger partial charge in [-0.25, -0.2) is 4.90 Å². The van der Waals surface area contributed by atoms with E-state index in [0.717, 1.165) is 16.0 Å². The van der Waals surface area contributed by atoms with Crippen molar-refractivity contribution in [1.82, 2.24) is 0 Å². The van der Waals surface area contributed by atoms with Gasteiger partial charge in [-0.15, -0.1) is 0 Å². The summed E-state index contributed by atoms with van der Waals surface area (Å²) in [5, 5.41) is 3.73. The number of rotatable bonds is 6. The standard InChI is InChI=1S/C26H23ClN2O4/c1-15-8-10-17(11-9-15)23-24(28-20-7-5-6-19(27)16(20)2)26(31)29(25(23)30)18-12-13-21(32-3)22(14-18)33-4/h5-14,28H,1-4H3. The predicted octanol–water partition coefficient (Wildman–Crippen LogP) is 5.37. The van der Waals surface area contributed by atoms with Crippen molar-refractivity contribution in [3.8, 4) is 11.5 Å². The Morgan fingerprint density at radius 3 is 2.21 bits per heavy atom. The highest BCUT2D eigenvalue weighted by Crippen LogP contribution is 2.38. The number of imide groups is 1. The molecule has 0 aliphatic carbocycles. The molecule has 1 heterocycles. The van der Waals surface area contributed by atoms with E-state index in [4.69, 9.17) is 21.1 Å². The molecule has 0 spiro atoms. The van der Waals surface area contributed by atoms with E-state index in [-0.39, 0.29) is 11.3 Å². The molecule has 168 valence electrons. The molecule has 0 saturated carbocycles. The van der Waals surface area contributed by atoms with Crippen LogP contribution < -0.4 is 19.7 Å². The lowest BCUT2D eigenvalue weighted by Crippen LogP contribution is -2.32. The normalized spacial score (nSPS) is 13.5. The number of halogens is 1. The van der Waals surface area contributed by atoms with Crippen LogP contribution in [0.5, 0.6) is 11.5 Å². The van der Waals surface area contributed by atoms with Crippen LogP contribution >= 0.6 is 11.6 Å². The van der Waals surface area contributed by atoms with Crippen LogP contribution in [-0.4, -0.2) is 26.0 Å². The van der Waals surface area contributed by atoms with Crippen LogP contribution in [0.1, 0.15) is 16.7 Å². The molecule has 7 heteroatoms. The van der Waals surface area contributed by atoms with Gasteiger partial charge in [0, 0.05) is 16.8 Å². The first-order chi connectivity index (χ1) is 15.8. The SMILES string of the molecule is COc1ccc(N2C(=O)C(Nc3cccc(Cl)c3C)=C(c3ccc(C)cc3)C2=O)cc1OC. The molecule has 0 radical (unpaired) electrons. The van der Waals surface area contributed by atoms with Crippen molar-refractivity contribution in [2.24, 2.45) is 0 Å². The Kier molecular flexibility index (Phi) is 6.11. The molecule has 1 N–H and O–H groups in total. The average molecular weight is 463 g/mol. The summed E-state index contributed by atoms with van der Waals surface area (Å²) in [6.45, 7) is 3.81. The van der Waals surface area contributed by atoms with Crippen LogP contribution in [0.4, 0.5) is 11.4 Å². The van der Waals surface area contributed by atoms with E-state index in [0.29, 0.717) is 33.5 Å². The third-order valence-corrected chi connectivity index (χ3v) is 5.99. The van der Waals surface area contributed by atoms with Crippen molar-refractivity contribution in [1.29, 1.82) is 0 Å². The molecule has 0 saturated heterocycles. The van der Waals surface area contributed by atoms with Crippen LogP contribution in [0.25, 0.3) is 5.57 Å². The first kappa shape index (κ1) is 22.4. The quantitative estimate of drug-likeness (QED) is 0.499. The molecule has 3 aromatic carbocycles. The third-order valence-electron chi connectivity index (χ3n) is 5.58. The lowest BCUT2D eigenvalue weighted by molar-refractivity contribution is -0.120. The Morgan fingerprint density at radius 2 is 1.55 bits per heavy atom. The minimum absolute atomic E-state index is 0.184. The summed E-state index contributed by atoms with van der Waals surface area (Å²) in [4.78, 5) is 28.4. The number of amides is 2. The molecule has 0 atom stereocenters. The highest BCUT2D eigenvalue weighted by molar-refractivity contribution is 6.46. The van der Waals surface area contributed by atoms with Crippen molar-refractivity contribution >= 4 is 40.4 Å². The zero-order chi connectivity index (χ0) is 23.7. The van der Waals surface area contributed by atoms with Gasteiger partial charge >= 0.3 is 0 Å². The van der Waals surface area contributed by atoms with E-state index in [1.807, 2.05) is 44.2 Å². The molecule has 1 aliphatic heterocycles. The Hall–Kier alpha value is -3.77. The second-order valence-electron chi connectivity index (χ2n) is 7.64. The fourth-order valence-corrected chi connectivity index (χ4v) is 3.88. The number of carbonyl (C=O) groups is 2. The summed E-state index contributed by atoms with van der Waals surface area (Å²) in [6, 6.07) is 17.8. The molecule has 1 aliphatic rings. The number of anilines is 2. The van der Waals surface area contributed by atoms with Crippen LogP contribution in [0.2, 0.25) is 5.02 Å². The van der Waals surface area contributed by atoms with Gasteiger partial charge in [0.2, 0.25) is 0 Å². The molecule has 0 fully saturated rings. The Morgan fingerprint density at radius 1 is 0.848 bits per heavy atom. The second-order valence-corrected chi connectivity index (χ2v) is 8.05. The van der Waals surface area contributed by atoms with E-state index in [1.165, 1.54) is 14.2 Å². The molecule has 4 rings (SSSR count). The Labute approximate surface area is 197 Å². The zero-order valence-electron chi connectivity index (χ0n) is 18.7. The lowest BCUT2D eigenvalue weighted by Gasteiger charge is -2.18. The number of carbonyl (C=O) groups excluding carboxylic acids is 2. The van der Waals surface area contributed by atoms with Crippen LogP contribution in [0, 0.1) is 13.8 Å². The maximum Gasteiger partial charge on any atom is 0.282 e. The Balaban J connectivity index is 1.84. The van der Waals surface area contributed by atoms with Crippen molar-refractivity contribution in [3.63, 3.8) is 0 Å². The summed E-state index contributed by atoms with van der Waals surface area (Å²) in [5.41, 5.74) is 3.97. The molecule has 3 aromatic rings. The van der Waals surface area contributed by atoms with Crippen LogP contribution in [0.15, 0.2) is 66.4 Å². The highest BCUT2D eigenvalue weighted by Gasteiger charge is 2.40. The molecule has 2 amide bonds. The van der Waals surface area contributed by atoms with Crippen molar-refractivity contribution < 1.29 is 19.1 Å². The van der Waals surface area contributed by atoms with E-state index in [2.05, 4.69) is 5.32 Å². The summed E-state index contributed by atoms with van der Waals surface area (Å²) >= 11 is 6.28. The first-order valence-corrected chi connectivity index (χ1v) is 10.7. The summed E-state index contributed by atoms with van der Waals surface area (Å²) in [5.74, 6) is 0.0139. The lowest BCUT2D eigenvalue weighted by atomic mass is 10.0. The number of benzene rings is 3. The van der Waals surface area contributed by atoms with Crippen LogP contribution in [-0.2, 0) is 9.59 Å². The number of nitrogens with zero attached hydrogens (tertiary/aromatic N) is 1. The average Bonchev–Trinajstić information content (AvgIpc) is 3.06. The Bertz CT molecular complexity index is 1280. The molecule has 6 nitrogen and oxygen atoms in total. The second kappa shape index (κ2) is 9.00. The van der Waals surface area contributed by atoms with Gasteiger partial charge in [0.05, 0.1) is 25.5 Å². The third kappa shape index (κ3) is 4.05. The predicted molar refractivity (Wildman–Crippen MR) is 130 cm³/mol. The number of nitrogens with one attached hydrogen (secondary N) is 1. The van der Waals surface area contributed by atoms with Gasteiger partial charge in [-0.3, -0.25) is 9.59 Å². The molecule has 0 aromatic heterocycles. The smallest absolute Gasteiger partial charge is 0.282 e. The van der Waals surface area contributed by atoms with E-state index < -0.39 is 11.8 Å². The number of methoxy groups -OCH3 is 2. The number of hydrogen-bond acceptors (Lipinski definition) is 5. The van der Waals surface area contributed by atoms with Crippen molar-refractivity contribution in [3.05, 3.63) is 88.1 Å². The minimum atomic E-state index is -0.470. The van der Waals surface area contributed by atoms with Gasteiger partial charge in [-0.1, -0.05) is 47.5 Å². The van der Waals surface area contributed by atoms with Crippen molar-refractivity contribution in [2.45, 2.75) is 13.8 Å². The van der Waals surface area contributed by atoms with E-state index >= 15 is 0 Å². The monoisotopic (exact) mass is 462 g/mol. The number of ether oxygens (including phenoxy) is 2. The maximum atomic E-state index is 13.6.